The molecule has 2 N–H and O–H groups in total. The molecular weight excluding hydrogens is 412 g/mol. The Morgan fingerprint density at radius 2 is 2.00 bits per heavy atom. The summed E-state index contributed by atoms with van der Waals surface area (Å²) in [5.41, 5.74) is 2.43. The molecule has 0 saturated carbocycles. The summed E-state index contributed by atoms with van der Waals surface area (Å²) in [6.45, 7) is 6.93. The predicted octanol–water partition coefficient (Wildman–Crippen LogP) is 5.31. The van der Waals surface area contributed by atoms with Crippen LogP contribution >= 0.6 is 28.1 Å². The van der Waals surface area contributed by atoms with Crippen molar-refractivity contribution in [2.24, 2.45) is 5.92 Å². The van der Waals surface area contributed by atoms with Gasteiger partial charge in [0.2, 0.25) is 0 Å². The number of aryl methyl sites for hydroxylation is 1. The lowest BCUT2D eigenvalue weighted by Gasteiger charge is -2.12. The van der Waals surface area contributed by atoms with Gasteiger partial charge in [0.25, 0.3) is 5.91 Å². The first-order valence-electron chi connectivity index (χ1n) is 8.46. The van der Waals surface area contributed by atoms with E-state index in [0.717, 1.165) is 22.1 Å². The normalized spacial score (nSPS) is 10.5. The minimum atomic E-state index is -0.278. The third-order valence-corrected chi connectivity index (χ3v) is 4.52. The number of hydrogen-bond acceptors (Lipinski definition) is 3. The maximum atomic E-state index is 12.4. The zero-order valence-electron chi connectivity index (χ0n) is 15.1. The monoisotopic (exact) mass is 434 g/mol. The Balaban J connectivity index is 1.95. The highest BCUT2D eigenvalue weighted by atomic mass is 79.9. The third-order valence-electron chi connectivity index (χ3n) is 3.66. The lowest BCUT2D eigenvalue weighted by atomic mass is 10.1. The average Bonchev–Trinajstić information content (AvgIpc) is 2.57. The molecule has 2 aromatic rings. The van der Waals surface area contributed by atoms with Gasteiger partial charge in [-0.3, -0.25) is 10.1 Å². The van der Waals surface area contributed by atoms with E-state index in [1.54, 1.807) is 18.2 Å². The van der Waals surface area contributed by atoms with E-state index in [2.05, 4.69) is 40.4 Å². The van der Waals surface area contributed by atoms with Crippen LogP contribution in [0.3, 0.4) is 0 Å². The fraction of sp³-hybridized carbons (Fsp3) is 0.300. The molecule has 0 saturated heterocycles. The number of carbonyl (C=O) groups is 1. The van der Waals surface area contributed by atoms with E-state index in [4.69, 9.17) is 17.0 Å². The van der Waals surface area contributed by atoms with Gasteiger partial charge >= 0.3 is 0 Å². The second kappa shape index (κ2) is 9.69. The Bertz CT molecular complexity index is 793. The first-order valence-corrected chi connectivity index (χ1v) is 9.66. The van der Waals surface area contributed by atoms with Crippen molar-refractivity contribution in [3.05, 3.63) is 58.1 Å². The summed E-state index contributed by atoms with van der Waals surface area (Å²) in [7, 11) is 0. The van der Waals surface area contributed by atoms with Crippen molar-refractivity contribution in [1.82, 2.24) is 5.32 Å². The van der Waals surface area contributed by atoms with Crippen LogP contribution < -0.4 is 15.4 Å². The average molecular weight is 435 g/mol. The molecule has 0 heterocycles. The summed E-state index contributed by atoms with van der Waals surface area (Å²) < 4.78 is 6.58. The standard InChI is InChI=1S/C20H23BrN2O2S/c1-13(2)9-10-25-16-6-4-5-15(12-16)19(24)23-20(26)22-18-8-7-14(3)11-17(18)21/h4-8,11-13H,9-10H2,1-3H3,(H2,22,23,24,26). The second-order valence-corrected chi connectivity index (χ2v) is 7.71. The fourth-order valence-corrected chi connectivity index (χ4v) is 2.98. The van der Waals surface area contributed by atoms with Gasteiger partial charge in [-0.25, -0.2) is 0 Å². The topological polar surface area (TPSA) is 50.4 Å². The molecule has 0 radical (unpaired) electrons. The quantitative estimate of drug-likeness (QED) is 0.604. The highest BCUT2D eigenvalue weighted by molar-refractivity contribution is 9.10. The van der Waals surface area contributed by atoms with Crippen molar-refractivity contribution < 1.29 is 9.53 Å². The molecule has 0 unspecified atom stereocenters. The second-order valence-electron chi connectivity index (χ2n) is 6.45. The summed E-state index contributed by atoms with van der Waals surface area (Å²) in [6.07, 6.45) is 0.968. The van der Waals surface area contributed by atoms with Crippen LogP contribution in [0.25, 0.3) is 0 Å². The number of ether oxygens (including phenoxy) is 1. The lowest BCUT2D eigenvalue weighted by Crippen LogP contribution is -2.34. The number of anilines is 1. The summed E-state index contributed by atoms with van der Waals surface area (Å²) in [6, 6.07) is 12.9. The Morgan fingerprint density at radius 1 is 1.23 bits per heavy atom. The summed E-state index contributed by atoms with van der Waals surface area (Å²) in [5, 5.41) is 5.96. The van der Waals surface area contributed by atoms with Gasteiger partial charge in [-0.05, 0) is 83.3 Å². The SMILES string of the molecule is Cc1ccc(NC(=S)NC(=O)c2cccc(OCCC(C)C)c2)c(Br)c1. The first kappa shape index (κ1) is 20.4. The van der Waals surface area contributed by atoms with Crippen molar-refractivity contribution in [1.29, 1.82) is 0 Å². The molecular formula is C20H23BrN2O2S. The van der Waals surface area contributed by atoms with E-state index in [1.807, 2.05) is 31.2 Å². The molecule has 0 fully saturated rings. The van der Waals surface area contributed by atoms with Gasteiger partial charge in [0.1, 0.15) is 5.75 Å². The van der Waals surface area contributed by atoms with Crippen molar-refractivity contribution in [3.8, 4) is 5.75 Å². The van der Waals surface area contributed by atoms with Crippen LogP contribution in [0.1, 0.15) is 36.2 Å². The maximum absolute atomic E-state index is 12.4. The molecule has 0 atom stereocenters. The van der Waals surface area contributed by atoms with E-state index >= 15 is 0 Å². The van der Waals surface area contributed by atoms with Crippen molar-refractivity contribution >= 4 is 44.9 Å². The molecule has 2 aromatic carbocycles. The molecule has 0 aliphatic carbocycles. The van der Waals surface area contributed by atoms with Crippen LogP contribution in [-0.2, 0) is 0 Å². The van der Waals surface area contributed by atoms with Crippen LogP contribution in [-0.4, -0.2) is 17.6 Å². The molecule has 0 spiro atoms. The smallest absolute Gasteiger partial charge is 0.257 e. The molecule has 0 aromatic heterocycles. The summed E-state index contributed by atoms with van der Waals surface area (Å²) in [4.78, 5) is 12.4. The van der Waals surface area contributed by atoms with E-state index in [1.165, 1.54) is 0 Å². The number of nitrogens with one attached hydrogen (secondary N) is 2. The molecule has 4 nitrogen and oxygen atoms in total. The summed E-state index contributed by atoms with van der Waals surface area (Å²) >= 11 is 8.72. The van der Waals surface area contributed by atoms with Crippen molar-refractivity contribution in [3.63, 3.8) is 0 Å². The number of halogens is 1. The third kappa shape index (κ3) is 6.42. The highest BCUT2D eigenvalue weighted by Crippen LogP contribution is 2.23. The minimum Gasteiger partial charge on any atom is -0.494 e. The maximum Gasteiger partial charge on any atom is 0.257 e. The lowest BCUT2D eigenvalue weighted by molar-refractivity contribution is 0.0977. The van der Waals surface area contributed by atoms with Crippen LogP contribution in [0.4, 0.5) is 5.69 Å². The molecule has 0 aliphatic rings. The molecule has 26 heavy (non-hydrogen) atoms. The Morgan fingerprint density at radius 3 is 2.69 bits per heavy atom. The number of carbonyl (C=O) groups excluding carboxylic acids is 1. The molecule has 0 aliphatic heterocycles. The van der Waals surface area contributed by atoms with Gasteiger partial charge in [0.05, 0.1) is 12.3 Å². The highest BCUT2D eigenvalue weighted by Gasteiger charge is 2.10. The van der Waals surface area contributed by atoms with Gasteiger partial charge in [0, 0.05) is 10.0 Å². The van der Waals surface area contributed by atoms with Crippen LogP contribution in [0.5, 0.6) is 5.75 Å². The van der Waals surface area contributed by atoms with E-state index in [9.17, 15) is 4.79 Å². The zero-order valence-corrected chi connectivity index (χ0v) is 17.5. The van der Waals surface area contributed by atoms with Crippen LogP contribution in [0, 0.1) is 12.8 Å². The van der Waals surface area contributed by atoms with E-state index in [0.29, 0.717) is 23.8 Å². The minimum absolute atomic E-state index is 0.241. The largest absolute Gasteiger partial charge is 0.494 e. The van der Waals surface area contributed by atoms with Crippen molar-refractivity contribution in [2.45, 2.75) is 27.2 Å². The number of thiocarbonyl (C=S) groups is 1. The number of benzene rings is 2. The number of rotatable bonds is 6. The Labute approximate surface area is 168 Å². The van der Waals surface area contributed by atoms with Gasteiger partial charge < -0.3 is 10.1 Å². The number of hydrogen-bond donors (Lipinski definition) is 2. The molecule has 6 heteroatoms. The first-order chi connectivity index (χ1) is 12.3. The van der Waals surface area contributed by atoms with Crippen LogP contribution in [0.2, 0.25) is 0 Å². The molecule has 0 bridgehead atoms. The van der Waals surface area contributed by atoms with Gasteiger partial charge in [-0.1, -0.05) is 26.0 Å². The Hall–Kier alpha value is -1.92. The van der Waals surface area contributed by atoms with E-state index in [-0.39, 0.29) is 11.0 Å². The van der Waals surface area contributed by atoms with E-state index < -0.39 is 0 Å². The summed E-state index contributed by atoms with van der Waals surface area (Å²) in [5.74, 6) is 0.976. The molecule has 138 valence electrons. The zero-order chi connectivity index (χ0) is 19.1. The molecule has 1 amide bonds. The number of amides is 1. The molecule has 2 rings (SSSR count). The van der Waals surface area contributed by atoms with Gasteiger partial charge in [-0.15, -0.1) is 0 Å². The van der Waals surface area contributed by atoms with Gasteiger partial charge in [0.15, 0.2) is 5.11 Å². The van der Waals surface area contributed by atoms with Crippen molar-refractivity contribution in [2.75, 3.05) is 11.9 Å². The van der Waals surface area contributed by atoms with Crippen LogP contribution in [0.15, 0.2) is 46.9 Å². The Kier molecular flexibility index (Phi) is 7.60. The predicted molar refractivity (Wildman–Crippen MR) is 114 cm³/mol. The fourth-order valence-electron chi connectivity index (χ4n) is 2.19. The van der Waals surface area contributed by atoms with Gasteiger partial charge in [-0.2, -0.15) is 0 Å².